The molecule has 0 spiro atoms. The van der Waals surface area contributed by atoms with Crippen LogP contribution in [0.2, 0.25) is 0 Å². The SMILES string of the molecule is CC(C)(C)c1cc(-c2cc3c(cc2Nc2ccc4c(c2)C(C)(C)CCC4(C)C)oc2ccccc23)c2c(c1)N(c1ccc3c(c1)C(C)(C)CCC3(C)C)c1cc3c(cc1B2)C(C)(C)CCC3(C)C. The van der Waals surface area contributed by atoms with Gasteiger partial charge in [-0.1, -0.05) is 152 Å². The molecule has 3 aliphatic carbocycles. The first-order valence-electron chi connectivity index (χ1n) is 25.9. The molecule has 0 radical (unpaired) electrons. The summed E-state index contributed by atoms with van der Waals surface area (Å²) >= 11 is 0. The minimum Gasteiger partial charge on any atom is -0.456 e. The van der Waals surface area contributed by atoms with Crippen LogP contribution in [0.25, 0.3) is 33.1 Å². The number of para-hydroxylation sites is 1. The molecule has 0 unspecified atom stereocenters. The number of anilines is 5. The summed E-state index contributed by atoms with van der Waals surface area (Å²) in [6.07, 6.45) is 7.12. The lowest BCUT2D eigenvalue weighted by Crippen LogP contribution is -2.44. The Hall–Kier alpha value is -5.22. The van der Waals surface area contributed by atoms with Crippen LogP contribution in [0.3, 0.4) is 0 Å². The summed E-state index contributed by atoms with van der Waals surface area (Å²) in [4.78, 5) is 2.69. The van der Waals surface area contributed by atoms with Crippen molar-refractivity contribution in [3.63, 3.8) is 0 Å². The van der Waals surface area contributed by atoms with Crippen LogP contribution in [0.5, 0.6) is 0 Å². The van der Waals surface area contributed by atoms with E-state index >= 15 is 0 Å². The summed E-state index contributed by atoms with van der Waals surface area (Å²) in [6.45, 7) is 36.5. The van der Waals surface area contributed by atoms with E-state index < -0.39 is 0 Å². The topological polar surface area (TPSA) is 28.4 Å². The minimum absolute atomic E-state index is 0.0770. The average molecular weight is 899 g/mol. The van der Waals surface area contributed by atoms with Crippen LogP contribution < -0.4 is 21.1 Å². The standard InChI is InChI=1S/C64H75BN2O/c1-58(2,3)38-30-44(42-34-43-41-18-16-17-19-55(41)68-56(43)37-52(42)66-39-20-22-45-47(32-39)61(8,9)26-24-59(45,4)5)57-54(31-38)67(40-21-23-46-48(33-40)62(10,11)27-25-60(46,6)7)53-36-50-49(35-51(53)65-57)63(12,13)28-29-64(50,14)15/h16-23,30-37,65-66H,24-29H2,1-15H3. The highest BCUT2D eigenvalue weighted by Crippen LogP contribution is 2.53. The van der Waals surface area contributed by atoms with Crippen molar-refractivity contribution < 1.29 is 4.42 Å². The van der Waals surface area contributed by atoms with Crippen LogP contribution in [-0.4, -0.2) is 7.28 Å². The summed E-state index contributed by atoms with van der Waals surface area (Å²) < 4.78 is 6.70. The van der Waals surface area contributed by atoms with Crippen LogP contribution in [0.1, 0.15) is 181 Å². The fourth-order valence-electron chi connectivity index (χ4n) is 12.9. The fourth-order valence-corrected chi connectivity index (χ4v) is 12.9. The van der Waals surface area contributed by atoms with E-state index in [9.17, 15) is 0 Å². The molecule has 7 aromatic rings. The van der Waals surface area contributed by atoms with Crippen molar-refractivity contribution >= 4 is 68.6 Å². The Balaban J connectivity index is 1.20. The summed E-state index contributed by atoms with van der Waals surface area (Å²) in [5, 5.41) is 6.39. The molecule has 6 aromatic carbocycles. The third-order valence-corrected chi connectivity index (χ3v) is 18.0. The van der Waals surface area contributed by atoms with Gasteiger partial charge in [0, 0.05) is 45.2 Å². The summed E-state index contributed by atoms with van der Waals surface area (Å²) in [5.74, 6) is 0. The van der Waals surface area contributed by atoms with Crippen LogP contribution in [0.15, 0.2) is 101 Å². The van der Waals surface area contributed by atoms with Gasteiger partial charge in [0.15, 0.2) is 7.28 Å². The van der Waals surface area contributed by atoms with Gasteiger partial charge in [-0.2, -0.15) is 0 Å². The molecule has 350 valence electrons. The smallest absolute Gasteiger partial charge is 0.198 e. The number of hydrogen-bond donors (Lipinski definition) is 1. The number of benzene rings is 6. The third-order valence-electron chi connectivity index (χ3n) is 18.0. The van der Waals surface area contributed by atoms with Crippen molar-refractivity contribution in [2.75, 3.05) is 10.2 Å². The highest BCUT2D eigenvalue weighted by molar-refractivity contribution is 6.73. The Labute approximate surface area is 408 Å². The lowest BCUT2D eigenvalue weighted by atomic mass is 9.54. The molecule has 0 fully saturated rings. The maximum absolute atomic E-state index is 6.70. The van der Waals surface area contributed by atoms with E-state index in [2.05, 4.69) is 211 Å². The molecular weight excluding hydrogens is 824 g/mol. The lowest BCUT2D eigenvalue weighted by molar-refractivity contribution is 0.332. The maximum atomic E-state index is 6.70. The first kappa shape index (κ1) is 45.2. The van der Waals surface area contributed by atoms with E-state index in [1.807, 2.05) is 0 Å². The van der Waals surface area contributed by atoms with E-state index in [4.69, 9.17) is 4.42 Å². The normalized spacial score (nSPS) is 20.1. The number of nitrogens with one attached hydrogen (secondary N) is 1. The second kappa shape index (κ2) is 14.7. The molecule has 4 aliphatic rings. The number of nitrogens with zero attached hydrogens (tertiary/aromatic N) is 1. The third kappa shape index (κ3) is 7.11. The number of fused-ring (bicyclic) bond motifs is 8. The monoisotopic (exact) mass is 899 g/mol. The van der Waals surface area contributed by atoms with Crippen molar-refractivity contribution in [1.29, 1.82) is 0 Å². The molecule has 0 atom stereocenters. The molecule has 0 saturated heterocycles. The molecular formula is C64H75BN2O. The summed E-state index contributed by atoms with van der Waals surface area (Å²) in [5.41, 5.74) is 24.0. The van der Waals surface area contributed by atoms with Crippen molar-refractivity contribution in [3.8, 4) is 11.1 Å². The zero-order valence-electron chi connectivity index (χ0n) is 44.0. The van der Waals surface area contributed by atoms with Crippen molar-refractivity contribution in [2.24, 2.45) is 0 Å². The van der Waals surface area contributed by atoms with E-state index in [1.54, 1.807) is 0 Å². The Morgan fingerprint density at radius 2 is 1.03 bits per heavy atom. The average Bonchev–Trinajstić information content (AvgIpc) is 3.63. The van der Waals surface area contributed by atoms with Crippen LogP contribution in [-0.2, 0) is 37.9 Å². The van der Waals surface area contributed by atoms with Crippen molar-refractivity contribution in [3.05, 3.63) is 136 Å². The van der Waals surface area contributed by atoms with E-state index in [0.717, 1.165) is 40.6 Å². The van der Waals surface area contributed by atoms with Crippen LogP contribution in [0.4, 0.5) is 28.4 Å². The van der Waals surface area contributed by atoms with E-state index in [0.29, 0.717) is 0 Å². The first-order chi connectivity index (χ1) is 31.7. The highest BCUT2D eigenvalue weighted by atomic mass is 16.3. The quantitative estimate of drug-likeness (QED) is 0.178. The van der Waals surface area contributed by atoms with Crippen molar-refractivity contribution in [1.82, 2.24) is 0 Å². The largest absolute Gasteiger partial charge is 0.456 e. The lowest BCUT2D eigenvalue weighted by Gasteiger charge is -2.45. The van der Waals surface area contributed by atoms with Gasteiger partial charge in [0.25, 0.3) is 0 Å². The molecule has 1 N–H and O–H groups in total. The van der Waals surface area contributed by atoms with Gasteiger partial charge >= 0.3 is 0 Å². The molecule has 3 nitrogen and oxygen atoms in total. The second-order valence-corrected chi connectivity index (χ2v) is 26.7. The molecule has 11 rings (SSSR count). The van der Waals surface area contributed by atoms with Gasteiger partial charge < -0.3 is 14.6 Å². The molecule has 4 heteroatoms. The number of furan rings is 1. The maximum Gasteiger partial charge on any atom is 0.198 e. The molecule has 0 saturated carbocycles. The van der Waals surface area contributed by atoms with Gasteiger partial charge in [0.05, 0.1) is 5.69 Å². The first-order valence-corrected chi connectivity index (χ1v) is 25.9. The zero-order valence-corrected chi connectivity index (χ0v) is 44.0. The number of hydrogen-bond acceptors (Lipinski definition) is 3. The Kier molecular flexibility index (Phi) is 9.75. The Morgan fingerprint density at radius 1 is 0.485 bits per heavy atom. The van der Waals surface area contributed by atoms with Crippen molar-refractivity contribution in [2.45, 2.75) is 180 Å². The molecule has 0 bridgehead atoms. The Morgan fingerprint density at radius 3 is 1.65 bits per heavy atom. The fraction of sp³-hybridized carbons (Fsp3) is 0.438. The van der Waals surface area contributed by atoms with E-state index in [-0.39, 0.29) is 37.9 Å². The minimum atomic E-state index is -0.115. The summed E-state index contributed by atoms with van der Waals surface area (Å²) in [7, 11) is 0.847. The van der Waals surface area contributed by atoms with Gasteiger partial charge in [-0.25, -0.2) is 0 Å². The molecule has 2 heterocycles. The van der Waals surface area contributed by atoms with Crippen LogP contribution in [0, 0.1) is 0 Å². The molecule has 68 heavy (non-hydrogen) atoms. The summed E-state index contributed by atoms with van der Waals surface area (Å²) in [6, 6.07) is 38.3. The molecule has 1 aromatic heterocycles. The predicted octanol–water partition coefficient (Wildman–Crippen LogP) is 16.5. The number of rotatable bonds is 4. The second-order valence-electron chi connectivity index (χ2n) is 26.7. The molecule has 0 amide bonds. The van der Waals surface area contributed by atoms with Gasteiger partial charge in [-0.05, 0) is 175 Å². The molecule has 1 aliphatic heterocycles. The van der Waals surface area contributed by atoms with Gasteiger partial charge in [0.1, 0.15) is 11.2 Å². The predicted molar refractivity (Wildman–Crippen MR) is 295 cm³/mol. The van der Waals surface area contributed by atoms with Gasteiger partial charge in [-0.15, -0.1) is 0 Å². The van der Waals surface area contributed by atoms with E-state index in [1.165, 1.54) is 117 Å². The zero-order chi connectivity index (χ0) is 48.3. The van der Waals surface area contributed by atoms with Gasteiger partial charge in [0.2, 0.25) is 0 Å². The highest BCUT2D eigenvalue weighted by Gasteiger charge is 2.42. The van der Waals surface area contributed by atoms with Gasteiger partial charge in [-0.3, -0.25) is 0 Å². The van der Waals surface area contributed by atoms with Crippen LogP contribution >= 0.6 is 0 Å². The Bertz CT molecular complexity index is 3230.